The Kier molecular flexibility index (Phi) is 6.35. The van der Waals surface area contributed by atoms with Gasteiger partial charge in [0.05, 0.1) is 11.8 Å². The van der Waals surface area contributed by atoms with E-state index < -0.39 is 17.8 Å². The van der Waals surface area contributed by atoms with E-state index in [0.29, 0.717) is 35.9 Å². The van der Waals surface area contributed by atoms with Gasteiger partial charge in [0, 0.05) is 11.6 Å². The van der Waals surface area contributed by atoms with Gasteiger partial charge in [0.1, 0.15) is 11.5 Å². The molecule has 6 heteroatoms. The first-order chi connectivity index (χ1) is 13.0. The number of carboxylic acids is 1. The van der Waals surface area contributed by atoms with Gasteiger partial charge in [-0.1, -0.05) is 36.6 Å². The molecule has 3 rings (SSSR count). The van der Waals surface area contributed by atoms with Gasteiger partial charge in [0.15, 0.2) is 0 Å². The van der Waals surface area contributed by atoms with Crippen LogP contribution in [0, 0.1) is 11.8 Å². The fourth-order valence-corrected chi connectivity index (χ4v) is 3.50. The summed E-state index contributed by atoms with van der Waals surface area (Å²) in [5, 5.41) is 12.8. The number of hydrogen-bond acceptors (Lipinski definition) is 3. The maximum Gasteiger partial charge on any atom is 0.307 e. The molecule has 142 valence electrons. The Balaban J connectivity index is 1.54. The van der Waals surface area contributed by atoms with Crippen LogP contribution in [-0.4, -0.2) is 17.0 Å². The summed E-state index contributed by atoms with van der Waals surface area (Å²) in [4.78, 5) is 23.8. The molecule has 2 atom stereocenters. The Morgan fingerprint density at radius 3 is 2.11 bits per heavy atom. The number of carboxylic acid groups (broad SMARTS) is 1. The molecule has 0 aliphatic heterocycles. The standard InChI is InChI=1S/C21H22ClNO4/c22-15-7-11-17(12-8-15)27-16-9-5-14(6-10-16)13-23-20(24)18-3-1-2-4-19(18)21(25)26/h5-12,18-19H,1-4,13H2,(H,23,24)(H,25,26)/t18-,19-/m1/s1. The summed E-state index contributed by atoms with van der Waals surface area (Å²) in [6.45, 7) is 0.364. The van der Waals surface area contributed by atoms with Gasteiger partial charge < -0.3 is 15.2 Å². The van der Waals surface area contributed by atoms with E-state index in [1.54, 1.807) is 24.3 Å². The highest BCUT2D eigenvalue weighted by Gasteiger charge is 2.35. The van der Waals surface area contributed by atoms with Gasteiger partial charge in [-0.2, -0.15) is 0 Å². The fourth-order valence-electron chi connectivity index (χ4n) is 3.37. The van der Waals surface area contributed by atoms with Crippen LogP contribution in [0.5, 0.6) is 11.5 Å². The zero-order valence-electron chi connectivity index (χ0n) is 14.9. The number of benzene rings is 2. The highest BCUT2D eigenvalue weighted by molar-refractivity contribution is 6.30. The molecule has 1 fully saturated rings. The van der Waals surface area contributed by atoms with Gasteiger partial charge in [0.2, 0.25) is 5.91 Å². The van der Waals surface area contributed by atoms with Crippen LogP contribution in [0.3, 0.4) is 0 Å². The zero-order valence-corrected chi connectivity index (χ0v) is 15.6. The monoisotopic (exact) mass is 387 g/mol. The first kappa shape index (κ1) is 19.2. The molecule has 0 bridgehead atoms. The minimum Gasteiger partial charge on any atom is -0.481 e. The average molecular weight is 388 g/mol. The third-order valence-electron chi connectivity index (χ3n) is 4.86. The van der Waals surface area contributed by atoms with Gasteiger partial charge in [-0.15, -0.1) is 0 Å². The smallest absolute Gasteiger partial charge is 0.307 e. The number of carbonyl (C=O) groups is 2. The summed E-state index contributed by atoms with van der Waals surface area (Å²) in [7, 11) is 0. The molecule has 0 unspecified atom stereocenters. The largest absolute Gasteiger partial charge is 0.481 e. The van der Waals surface area contributed by atoms with Gasteiger partial charge >= 0.3 is 5.97 Å². The Morgan fingerprint density at radius 1 is 0.963 bits per heavy atom. The molecule has 1 saturated carbocycles. The van der Waals surface area contributed by atoms with E-state index >= 15 is 0 Å². The Bertz CT molecular complexity index is 789. The first-order valence-electron chi connectivity index (χ1n) is 9.06. The third-order valence-corrected chi connectivity index (χ3v) is 5.11. The van der Waals surface area contributed by atoms with Gasteiger partial charge in [-0.3, -0.25) is 9.59 Å². The molecule has 0 heterocycles. The van der Waals surface area contributed by atoms with Crippen LogP contribution in [0.25, 0.3) is 0 Å². The molecular formula is C21H22ClNO4. The summed E-state index contributed by atoms with van der Waals surface area (Å²) < 4.78 is 5.74. The molecule has 0 aromatic heterocycles. The van der Waals surface area contributed by atoms with E-state index in [2.05, 4.69) is 5.32 Å². The van der Waals surface area contributed by atoms with Crippen LogP contribution < -0.4 is 10.1 Å². The number of rotatable bonds is 6. The predicted octanol–water partition coefficient (Wildman–Crippen LogP) is 4.64. The van der Waals surface area contributed by atoms with Gasteiger partial charge in [-0.25, -0.2) is 0 Å². The molecule has 27 heavy (non-hydrogen) atoms. The van der Waals surface area contributed by atoms with Crippen LogP contribution in [-0.2, 0) is 16.1 Å². The number of nitrogens with one attached hydrogen (secondary N) is 1. The minimum absolute atomic E-state index is 0.177. The molecule has 0 spiro atoms. The molecule has 1 aliphatic rings. The molecular weight excluding hydrogens is 366 g/mol. The second-order valence-electron chi connectivity index (χ2n) is 6.75. The third kappa shape index (κ3) is 5.23. The normalized spacial score (nSPS) is 19.3. The van der Waals surface area contributed by atoms with Crippen LogP contribution in [0.1, 0.15) is 31.2 Å². The van der Waals surface area contributed by atoms with E-state index in [1.165, 1.54) is 0 Å². The van der Waals surface area contributed by atoms with E-state index in [4.69, 9.17) is 16.3 Å². The highest BCUT2D eigenvalue weighted by atomic mass is 35.5. The van der Waals surface area contributed by atoms with Crippen LogP contribution >= 0.6 is 11.6 Å². The number of hydrogen-bond donors (Lipinski definition) is 2. The van der Waals surface area contributed by atoms with Crippen LogP contribution in [0.15, 0.2) is 48.5 Å². The fraction of sp³-hybridized carbons (Fsp3) is 0.333. The molecule has 0 saturated heterocycles. The average Bonchev–Trinajstić information content (AvgIpc) is 2.69. The van der Waals surface area contributed by atoms with E-state index in [1.807, 2.05) is 24.3 Å². The maximum absolute atomic E-state index is 12.4. The maximum atomic E-state index is 12.4. The van der Waals surface area contributed by atoms with Crippen molar-refractivity contribution in [2.24, 2.45) is 11.8 Å². The molecule has 2 aromatic rings. The molecule has 5 nitrogen and oxygen atoms in total. The highest BCUT2D eigenvalue weighted by Crippen LogP contribution is 2.30. The van der Waals surface area contributed by atoms with Crippen molar-refractivity contribution in [1.29, 1.82) is 0 Å². The molecule has 1 aliphatic carbocycles. The second kappa shape index (κ2) is 8.91. The summed E-state index contributed by atoms with van der Waals surface area (Å²) >= 11 is 5.86. The summed E-state index contributed by atoms with van der Waals surface area (Å²) in [6.07, 6.45) is 2.98. The first-order valence-corrected chi connectivity index (χ1v) is 9.43. The Morgan fingerprint density at radius 2 is 1.52 bits per heavy atom. The van der Waals surface area contributed by atoms with E-state index in [-0.39, 0.29) is 5.91 Å². The lowest BCUT2D eigenvalue weighted by Crippen LogP contribution is -2.39. The van der Waals surface area contributed by atoms with Gasteiger partial charge in [-0.05, 0) is 54.8 Å². The Labute approximate surface area is 163 Å². The van der Waals surface area contributed by atoms with Crippen molar-refractivity contribution in [3.05, 3.63) is 59.1 Å². The quantitative estimate of drug-likeness (QED) is 0.757. The SMILES string of the molecule is O=C(O)[C@@H]1CCCC[C@H]1C(=O)NCc1ccc(Oc2ccc(Cl)cc2)cc1. The van der Waals surface area contributed by atoms with Crippen molar-refractivity contribution in [2.45, 2.75) is 32.2 Å². The van der Waals surface area contributed by atoms with E-state index in [0.717, 1.165) is 18.4 Å². The van der Waals surface area contributed by atoms with Crippen molar-refractivity contribution in [1.82, 2.24) is 5.32 Å². The molecule has 2 N–H and O–H groups in total. The van der Waals surface area contributed by atoms with Crippen LogP contribution in [0.4, 0.5) is 0 Å². The molecule has 2 aromatic carbocycles. The van der Waals surface area contributed by atoms with Crippen LogP contribution in [0.2, 0.25) is 5.02 Å². The lowest BCUT2D eigenvalue weighted by molar-refractivity contribution is -0.148. The molecule has 1 amide bonds. The predicted molar refractivity (Wildman–Crippen MR) is 103 cm³/mol. The van der Waals surface area contributed by atoms with Crippen molar-refractivity contribution in [2.75, 3.05) is 0 Å². The van der Waals surface area contributed by atoms with Gasteiger partial charge in [0.25, 0.3) is 0 Å². The van der Waals surface area contributed by atoms with Crippen molar-refractivity contribution < 1.29 is 19.4 Å². The minimum atomic E-state index is -0.876. The van der Waals surface area contributed by atoms with Crippen molar-refractivity contribution >= 4 is 23.5 Å². The number of aliphatic carboxylic acids is 1. The topological polar surface area (TPSA) is 75.6 Å². The number of carbonyl (C=O) groups excluding carboxylic acids is 1. The van der Waals surface area contributed by atoms with Crippen molar-refractivity contribution in [3.8, 4) is 11.5 Å². The summed E-state index contributed by atoms with van der Waals surface area (Å²) in [6, 6.07) is 14.5. The number of ether oxygens (including phenoxy) is 1. The zero-order chi connectivity index (χ0) is 19.2. The summed E-state index contributed by atoms with van der Waals surface area (Å²) in [5.74, 6) is -0.692. The lowest BCUT2D eigenvalue weighted by Gasteiger charge is -2.27. The van der Waals surface area contributed by atoms with E-state index in [9.17, 15) is 14.7 Å². The summed E-state index contributed by atoms with van der Waals surface area (Å²) in [5.41, 5.74) is 0.925. The number of halogens is 1. The Hall–Kier alpha value is -2.53. The second-order valence-corrected chi connectivity index (χ2v) is 7.19. The lowest BCUT2D eigenvalue weighted by atomic mass is 9.78. The van der Waals surface area contributed by atoms with Crippen molar-refractivity contribution in [3.63, 3.8) is 0 Å². The molecule has 0 radical (unpaired) electrons. The number of amides is 1.